The molecule has 0 bridgehead atoms. The van der Waals surface area contributed by atoms with Crippen LogP contribution in [0.25, 0.3) is 0 Å². The number of alkyl carbamates (subject to hydrolysis) is 1. The van der Waals surface area contributed by atoms with Gasteiger partial charge >= 0.3 is 12.1 Å². The molecule has 1 N–H and O–H groups in total. The lowest BCUT2D eigenvalue weighted by Crippen LogP contribution is -2.45. The monoisotopic (exact) mass is 343 g/mol. The molecule has 0 fully saturated rings. The third kappa shape index (κ3) is 6.52. The molecule has 0 aromatic heterocycles. The van der Waals surface area contributed by atoms with E-state index in [1.165, 1.54) is 31.4 Å². The second kappa shape index (κ2) is 7.59. The van der Waals surface area contributed by atoms with E-state index in [-0.39, 0.29) is 12.0 Å². The maximum absolute atomic E-state index is 13.2. The molecular formula is C17H23F2NO4. The highest BCUT2D eigenvalue weighted by molar-refractivity contribution is 5.81. The molecule has 1 aromatic rings. The Morgan fingerprint density at radius 2 is 1.67 bits per heavy atom. The normalized spacial score (nSPS) is 13.1. The summed E-state index contributed by atoms with van der Waals surface area (Å²) in [7, 11) is 1.20. The van der Waals surface area contributed by atoms with Gasteiger partial charge in [0.05, 0.1) is 7.11 Å². The van der Waals surface area contributed by atoms with E-state index in [9.17, 15) is 18.4 Å². The molecule has 134 valence electrons. The first kappa shape index (κ1) is 19.9. The van der Waals surface area contributed by atoms with Crippen LogP contribution in [0.2, 0.25) is 0 Å². The van der Waals surface area contributed by atoms with Gasteiger partial charge in [-0.15, -0.1) is 0 Å². The van der Waals surface area contributed by atoms with Crippen molar-refractivity contribution < 1.29 is 27.8 Å². The molecule has 0 heterocycles. The third-order valence-electron chi connectivity index (χ3n) is 3.08. The molecule has 0 saturated carbocycles. The number of ether oxygens (including phenoxy) is 2. The van der Waals surface area contributed by atoms with Crippen molar-refractivity contribution in [3.8, 4) is 0 Å². The highest BCUT2D eigenvalue weighted by Gasteiger charge is 2.27. The van der Waals surface area contributed by atoms with Gasteiger partial charge in [-0.3, -0.25) is 0 Å². The van der Waals surface area contributed by atoms with Crippen LogP contribution in [0.3, 0.4) is 0 Å². The molecule has 24 heavy (non-hydrogen) atoms. The second-order valence-electron chi connectivity index (χ2n) is 6.51. The van der Waals surface area contributed by atoms with Crippen LogP contribution in [0, 0.1) is 0 Å². The summed E-state index contributed by atoms with van der Waals surface area (Å²) >= 11 is 0. The fourth-order valence-electron chi connectivity index (χ4n) is 1.95. The van der Waals surface area contributed by atoms with E-state index in [2.05, 4.69) is 10.1 Å². The van der Waals surface area contributed by atoms with E-state index in [0.717, 1.165) is 6.92 Å². The summed E-state index contributed by atoms with van der Waals surface area (Å²) in [4.78, 5) is 23.7. The van der Waals surface area contributed by atoms with Crippen molar-refractivity contribution in [2.75, 3.05) is 7.11 Å². The predicted octanol–water partition coefficient (Wildman–Crippen LogP) is 3.41. The number of nitrogens with one attached hydrogen (secondary N) is 1. The van der Waals surface area contributed by atoms with Crippen molar-refractivity contribution in [1.82, 2.24) is 5.32 Å². The Bertz CT molecular complexity index is 574. The lowest BCUT2D eigenvalue weighted by atomic mass is 10.0. The van der Waals surface area contributed by atoms with Crippen LogP contribution >= 0.6 is 0 Å². The molecule has 0 aliphatic heterocycles. The van der Waals surface area contributed by atoms with Crippen molar-refractivity contribution >= 4 is 12.1 Å². The van der Waals surface area contributed by atoms with Crippen LogP contribution in [0.5, 0.6) is 0 Å². The Morgan fingerprint density at radius 3 is 2.08 bits per heavy atom. The van der Waals surface area contributed by atoms with E-state index in [4.69, 9.17) is 4.74 Å². The highest BCUT2D eigenvalue weighted by Crippen LogP contribution is 2.27. The first-order valence-corrected chi connectivity index (χ1v) is 7.47. The van der Waals surface area contributed by atoms with Crippen molar-refractivity contribution in [3.05, 3.63) is 35.4 Å². The average molecular weight is 343 g/mol. The van der Waals surface area contributed by atoms with Gasteiger partial charge in [0, 0.05) is 18.9 Å². The number of methoxy groups -OCH3 is 1. The largest absolute Gasteiger partial charge is 0.467 e. The summed E-state index contributed by atoms with van der Waals surface area (Å²) in [5.74, 6) is -3.58. The Hall–Kier alpha value is -2.18. The third-order valence-corrected chi connectivity index (χ3v) is 3.08. The molecule has 0 unspecified atom stereocenters. The molecule has 1 amide bonds. The van der Waals surface area contributed by atoms with E-state index in [1.54, 1.807) is 20.8 Å². The number of carbonyl (C=O) groups is 2. The number of alkyl halides is 2. The summed E-state index contributed by atoms with van der Waals surface area (Å²) in [6.07, 6.45) is -0.656. The van der Waals surface area contributed by atoms with Gasteiger partial charge in [0.1, 0.15) is 11.6 Å². The molecule has 0 aliphatic rings. The number of carbonyl (C=O) groups excluding carboxylic acids is 2. The number of rotatable bonds is 5. The fourth-order valence-corrected chi connectivity index (χ4v) is 1.95. The number of esters is 1. The number of amides is 1. The standard InChI is InChI=1S/C17H23F2NO4/c1-16(2,3)24-15(22)20-13(14(21)23-5)10-11-6-8-12(9-7-11)17(4,18)19/h6-9,13H,10H2,1-5H3,(H,20,22)/t13-/m0/s1. The topological polar surface area (TPSA) is 64.6 Å². The molecule has 0 aliphatic carbocycles. The van der Waals surface area contributed by atoms with Gasteiger partial charge in [0.15, 0.2) is 0 Å². The minimum absolute atomic E-state index is 0.0987. The summed E-state index contributed by atoms with van der Waals surface area (Å²) < 4.78 is 36.2. The molecule has 0 radical (unpaired) electrons. The minimum atomic E-state index is -2.94. The maximum atomic E-state index is 13.2. The summed E-state index contributed by atoms with van der Waals surface area (Å²) in [6, 6.07) is 4.57. The molecule has 0 saturated heterocycles. The molecule has 7 heteroatoms. The number of benzene rings is 1. The fraction of sp³-hybridized carbons (Fsp3) is 0.529. The Labute approximate surface area is 140 Å². The van der Waals surface area contributed by atoms with Crippen LogP contribution in [-0.2, 0) is 26.6 Å². The summed E-state index contributed by atoms with van der Waals surface area (Å²) in [5.41, 5.74) is -0.227. The lowest BCUT2D eigenvalue weighted by Gasteiger charge is -2.22. The van der Waals surface area contributed by atoms with Crippen LogP contribution in [0.4, 0.5) is 13.6 Å². The zero-order chi connectivity index (χ0) is 18.5. The SMILES string of the molecule is COC(=O)[C@H](Cc1ccc(C(C)(F)F)cc1)NC(=O)OC(C)(C)C. The van der Waals surface area contributed by atoms with Crippen molar-refractivity contribution in [1.29, 1.82) is 0 Å². The Morgan fingerprint density at radius 1 is 1.12 bits per heavy atom. The van der Waals surface area contributed by atoms with Crippen LogP contribution in [0.1, 0.15) is 38.8 Å². The average Bonchev–Trinajstić information content (AvgIpc) is 2.43. The van der Waals surface area contributed by atoms with Gasteiger partial charge in [-0.05, 0) is 26.3 Å². The molecule has 5 nitrogen and oxygen atoms in total. The van der Waals surface area contributed by atoms with Gasteiger partial charge < -0.3 is 14.8 Å². The van der Waals surface area contributed by atoms with E-state index >= 15 is 0 Å². The van der Waals surface area contributed by atoms with E-state index in [0.29, 0.717) is 5.56 Å². The van der Waals surface area contributed by atoms with Crippen LogP contribution < -0.4 is 5.32 Å². The number of halogens is 2. The van der Waals surface area contributed by atoms with E-state index < -0.39 is 29.6 Å². The molecule has 1 rings (SSSR count). The zero-order valence-corrected chi connectivity index (χ0v) is 14.5. The molecule has 0 spiro atoms. The van der Waals surface area contributed by atoms with Crippen molar-refractivity contribution in [2.24, 2.45) is 0 Å². The molecular weight excluding hydrogens is 320 g/mol. The van der Waals surface area contributed by atoms with Gasteiger partial charge in [0.2, 0.25) is 0 Å². The van der Waals surface area contributed by atoms with Gasteiger partial charge in [0.25, 0.3) is 5.92 Å². The van der Waals surface area contributed by atoms with Gasteiger partial charge in [-0.1, -0.05) is 24.3 Å². The first-order chi connectivity index (χ1) is 10.9. The highest BCUT2D eigenvalue weighted by atomic mass is 19.3. The molecule has 1 atom stereocenters. The Kier molecular flexibility index (Phi) is 6.29. The Balaban J connectivity index is 2.83. The van der Waals surface area contributed by atoms with Crippen molar-refractivity contribution in [3.63, 3.8) is 0 Å². The van der Waals surface area contributed by atoms with Gasteiger partial charge in [-0.25, -0.2) is 18.4 Å². The second-order valence-corrected chi connectivity index (χ2v) is 6.51. The number of hydrogen-bond donors (Lipinski definition) is 1. The smallest absolute Gasteiger partial charge is 0.408 e. The van der Waals surface area contributed by atoms with Gasteiger partial charge in [-0.2, -0.15) is 0 Å². The van der Waals surface area contributed by atoms with Crippen molar-refractivity contribution in [2.45, 2.75) is 51.7 Å². The first-order valence-electron chi connectivity index (χ1n) is 7.47. The zero-order valence-electron chi connectivity index (χ0n) is 14.5. The number of hydrogen-bond acceptors (Lipinski definition) is 4. The molecule has 1 aromatic carbocycles. The summed E-state index contributed by atoms with van der Waals surface area (Å²) in [6.45, 7) is 5.90. The summed E-state index contributed by atoms with van der Waals surface area (Å²) in [5, 5.41) is 2.43. The maximum Gasteiger partial charge on any atom is 0.408 e. The quantitative estimate of drug-likeness (QED) is 0.832. The van der Waals surface area contributed by atoms with E-state index in [1.807, 2.05) is 0 Å². The predicted molar refractivity (Wildman–Crippen MR) is 84.9 cm³/mol. The minimum Gasteiger partial charge on any atom is -0.467 e. The van der Waals surface area contributed by atoms with Crippen LogP contribution in [0.15, 0.2) is 24.3 Å². The lowest BCUT2D eigenvalue weighted by molar-refractivity contribution is -0.143. The van der Waals surface area contributed by atoms with Crippen LogP contribution in [-0.4, -0.2) is 30.8 Å².